The molecule has 10 heteroatoms. The number of anilines is 1. The Kier molecular flexibility index (Phi) is 8.70. The minimum absolute atomic E-state index is 0.254. The van der Waals surface area contributed by atoms with E-state index in [1.165, 1.54) is 7.11 Å². The maximum atomic E-state index is 13.1. The number of esters is 1. The maximum absolute atomic E-state index is 13.1. The van der Waals surface area contributed by atoms with Crippen LogP contribution in [0, 0.1) is 0 Å². The second kappa shape index (κ2) is 12.3. The molecule has 0 aliphatic carbocycles. The Bertz CT molecular complexity index is 1280. The lowest BCUT2D eigenvalue weighted by atomic mass is 10.1. The fraction of sp³-hybridized carbons (Fsp3) is 0.250. The zero-order valence-corrected chi connectivity index (χ0v) is 21.9. The largest absolute Gasteiger partial charge is 0.469 e. The second-order valence-electron chi connectivity index (χ2n) is 8.63. The molecule has 0 saturated carbocycles. The molecule has 1 unspecified atom stereocenters. The first-order valence-electron chi connectivity index (χ1n) is 12.2. The fourth-order valence-corrected chi connectivity index (χ4v) is 4.12. The van der Waals surface area contributed by atoms with Crippen molar-refractivity contribution in [1.29, 1.82) is 0 Å². The van der Waals surface area contributed by atoms with Gasteiger partial charge in [0.15, 0.2) is 6.29 Å². The molecule has 0 aromatic heterocycles. The van der Waals surface area contributed by atoms with Crippen LogP contribution in [-0.4, -0.2) is 47.8 Å². The van der Waals surface area contributed by atoms with Gasteiger partial charge in [0, 0.05) is 23.7 Å². The number of hydrogen-bond donors (Lipinski definition) is 2. The van der Waals surface area contributed by atoms with Gasteiger partial charge >= 0.3 is 18.0 Å². The Morgan fingerprint density at radius 1 is 1.00 bits per heavy atom. The van der Waals surface area contributed by atoms with Crippen LogP contribution in [0.15, 0.2) is 72.8 Å². The number of aryl methyl sites for hydroxylation is 1. The predicted octanol–water partition coefficient (Wildman–Crippen LogP) is 5.60. The third-order valence-corrected chi connectivity index (χ3v) is 6.27. The van der Waals surface area contributed by atoms with Crippen molar-refractivity contribution in [3.63, 3.8) is 0 Å². The Morgan fingerprint density at radius 2 is 1.74 bits per heavy atom. The summed E-state index contributed by atoms with van der Waals surface area (Å²) < 4.78 is 10.7. The Morgan fingerprint density at radius 3 is 2.42 bits per heavy atom. The average Bonchev–Trinajstić information content (AvgIpc) is 2.92. The second-order valence-corrected chi connectivity index (χ2v) is 9.06. The zero-order chi connectivity index (χ0) is 27.1. The number of amides is 4. The number of imide groups is 1. The molecule has 3 aromatic rings. The maximum Gasteiger partial charge on any atom is 0.331 e. The highest BCUT2D eigenvalue weighted by Crippen LogP contribution is 2.25. The van der Waals surface area contributed by atoms with Crippen molar-refractivity contribution in [2.75, 3.05) is 19.0 Å². The average molecular weight is 537 g/mol. The van der Waals surface area contributed by atoms with E-state index in [0.29, 0.717) is 35.1 Å². The van der Waals surface area contributed by atoms with Gasteiger partial charge in [-0.25, -0.2) is 14.5 Å². The molecule has 1 heterocycles. The van der Waals surface area contributed by atoms with E-state index in [1.54, 1.807) is 48.2 Å². The molecule has 0 bridgehead atoms. The van der Waals surface area contributed by atoms with E-state index in [-0.39, 0.29) is 19.1 Å². The fourth-order valence-electron chi connectivity index (χ4n) is 3.99. The van der Waals surface area contributed by atoms with Crippen molar-refractivity contribution in [1.82, 2.24) is 15.1 Å². The summed E-state index contributed by atoms with van der Waals surface area (Å²) in [5.41, 5.74) is 2.53. The Hall–Kier alpha value is -4.24. The number of methoxy groups -OCH3 is 1. The lowest BCUT2D eigenvalue weighted by molar-refractivity contribution is -0.140. The third kappa shape index (κ3) is 6.74. The molecule has 1 saturated heterocycles. The normalized spacial score (nSPS) is 15.2. The van der Waals surface area contributed by atoms with Gasteiger partial charge in [0.2, 0.25) is 0 Å². The molecule has 9 nitrogen and oxygen atoms in total. The topological polar surface area (TPSA) is 100 Å². The van der Waals surface area contributed by atoms with E-state index in [2.05, 4.69) is 10.6 Å². The van der Waals surface area contributed by atoms with Crippen LogP contribution in [0.1, 0.15) is 24.5 Å². The minimum Gasteiger partial charge on any atom is -0.469 e. The van der Waals surface area contributed by atoms with Crippen molar-refractivity contribution < 1.29 is 23.9 Å². The molecule has 4 amide bonds. The van der Waals surface area contributed by atoms with Crippen LogP contribution < -0.4 is 15.4 Å². The van der Waals surface area contributed by atoms with Gasteiger partial charge in [-0.05, 0) is 73.0 Å². The van der Waals surface area contributed by atoms with Gasteiger partial charge in [-0.15, -0.1) is 0 Å². The third-order valence-electron chi connectivity index (χ3n) is 6.01. The van der Waals surface area contributed by atoms with Crippen LogP contribution in [0.25, 0.3) is 0 Å². The van der Waals surface area contributed by atoms with E-state index >= 15 is 0 Å². The molecule has 1 atom stereocenters. The number of carbonyl (C=O) groups excluding carboxylic acids is 3. The van der Waals surface area contributed by atoms with Gasteiger partial charge < -0.3 is 14.8 Å². The number of hydrogen-bond acceptors (Lipinski definition) is 6. The summed E-state index contributed by atoms with van der Waals surface area (Å²) in [6.45, 7) is 2.28. The van der Waals surface area contributed by atoms with Crippen molar-refractivity contribution in [3.8, 4) is 11.5 Å². The van der Waals surface area contributed by atoms with Gasteiger partial charge in [0.05, 0.1) is 13.7 Å². The van der Waals surface area contributed by atoms with Crippen molar-refractivity contribution in [3.05, 3.63) is 88.9 Å². The summed E-state index contributed by atoms with van der Waals surface area (Å²) in [4.78, 5) is 39.8. The number of nitrogens with zero attached hydrogens (tertiary/aromatic N) is 2. The van der Waals surface area contributed by atoms with Gasteiger partial charge in [-0.1, -0.05) is 35.9 Å². The quantitative estimate of drug-likeness (QED) is 0.327. The van der Waals surface area contributed by atoms with Gasteiger partial charge in [-0.3, -0.25) is 15.0 Å². The minimum atomic E-state index is -0.758. The predicted molar refractivity (Wildman–Crippen MR) is 144 cm³/mol. The standard InChI is InChI=1S/C28H29ClN4O5/c1-3-32-27(35)31-26(33(28(32)36)18-20-7-10-21(29)11-8-20)30-22-12-14-23(15-13-22)38-24-6-4-5-19(17-24)9-16-25(34)37-2/h4-8,10-15,17,26,30H,3,9,16,18H2,1-2H3,(H,31,35). The monoisotopic (exact) mass is 536 g/mol. The summed E-state index contributed by atoms with van der Waals surface area (Å²) in [5.74, 6) is 0.996. The highest BCUT2D eigenvalue weighted by atomic mass is 35.5. The number of urea groups is 2. The van der Waals surface area contributed by atoms with E-state index in [9.17, 15) is 14.4 Å². The van der Waals surface area contributed by atoms with Gasteiger partial charge in [0.25, 0.3) is 0 Å². The molecule has 1 aliphatic heterocycles. The number of carbonyl (C=O) groups is 3. The molecule has 2 N–H and O–H groups in total. The highest BCUT2D eigenvalue weighted by molar-refractivity contribution is 6.30. The summed E-state index contributed by atoms with van der Waals surface area (Å²) in [6.07, 6.45) is 0.0956. The first-order chi connectivity index (χ1) is 18.4. The van der Waals surface area contributed by atoms with Crippen LogP contribution in [0.5, 0.6) is 11.5 Å². The summed E-state index contributed by atoms with van der Waals surface area (Å²) >= 11 is 6.00. The lowest BCUT2D eigenvalue weighted by Gasteiger charge is -2.41. The Labute approximate surface area is 226 Å². The highest BCUT2D eigenvalue weighted by Gasteiger charge is 2.37. The number of ether oxygens (including phenoxy) is 2. The molecule has 4 rings (SSSR count). The van der Waals surface area contributed by atoms with Crippen molar-refractivity contribution in [2.45, 2.75) is 32.6 Å². The Balaban J connectivity index is 1.44. The zero-order valence-electron chi connectivity index (χ0n) is 21.1. The lowest BCUT2D eigenvalue weighted by Crippen LogP contribution is -2.66. The number of rotatable bonds is 10. The molecule has 38 heavy (non-hydrogen) atoms. The molecule has 0 radical (unpaired) electrons. The summed E-state index contributed by atoms with van der Waals surface area (Å²) in [7, 11) is 1.37. The molecular formula is C28H29ClN4O5. The molecule has 1 aliphatic rings. The van der Waals surface area contributed by atoms with Crippen molar-refractivity contribution >= 4 is 35.3 Å². The SMILES string of the molecule is CCN1C(=O)NC(Nc2ccc(Oc3cccc(CCC(=O)OC)c3)cc2)N(Cc2ccc(Cl)cc2)C1=O. The summed E-state index contributed by atoms with van der Waals surface area (Å²) in [6, 6.07) is 21.1. The summed E-state index contributed by atoms with van der Waals surface area (Å²) in [5, 5.41) is 6.68. The van der Waals surface area contributed by atoms with Gasteiger partial charge in [0.1, 0.15) is 11.5 Å². The van der Waals surface area contributed by atoms with E-state index in [4.69, 9.17) is 21.1 Å². The number of benzene rings is 3. The first-order valence-corrected chi connectivity index (χ1v) is 12.6. The molecule has 3 aromatic carbocycles. The van der Waals surface area contributed by atoms with Crippen molar-refractivity contribution in [2.24, 2.45) is 0 Å². The van der Waals surface area contributed by atoms with Crippen LogP contribution in [0.3, 0.4) is 0 Å². The van der Waals surface area contributed by atoms with Crippen LogP contribution in [0.2, 0.25) is 5.02 Å². The van der Waals surface area contributed by atoms with Crippen LogP contribution in [-0.2, 0) is 22.5 Å². The molecule has 1 fully saturated rings. The molecule has 198 valence electrons. The van der Waals surface area contributed by atoms with E-state index < -0.39 is 18.4 Å². The number of nitrogens with one attached hydrogen (secondary N) is 2. The van der Waals surface area contributed by atoms with Crippen LogP contribution >= 0.6 is 11.6 Å². The first kappa shape index (κ1) is 26.8. The molecule has 0 spiro atoms. The molecular weight excluding hydrogens is 508 g/mol. The number of halogens is 1. The smallest absolute Gasteiger partial charge is 0.331 e. The van der Waals surface area contributed by atoms with Gasteiger partial charge in [-0.2, -0.15) is 0 Å². The van der Waals surface area contributed by atoms with Crippen LogP contribution in [0.4, 0.5) is 15.3 Å². The van der Waals surface area contributed by atoms with E-state index in [0.717, 1.165) is 16.0 Å². The van der Waals surface area contributed by atoms with E-state index in [1.807, 2.05) is 36.4 Å².